The highest BCUT2D eigenvalue weighted by Gasteiger charge is 2.33. The summed E-state index contributed by atoms with van der Waals surface area (Å²) in [5, 5.41) is 2.20. The molecule has 0 saturated heterocycles. The third-order valence-corrected chi connectivity index (χ3v) is 3.50. The highest BCUT2D eigenvalue weighted by Crippen LogP contribution is 2.36. The van der Waals surface area contributed by atoms with Crippen LogP contribution >= 0.6 is 15.9 Å². The van der Waals surface area contributed by atoms with Crippen LogP contribution in [0.3, 0.4) is 0 Å². The molecule has 1 aromatic heterocycles. The normalized spacial score (nSPS) is 11.0. The number of aromatic nitrogens is 2. The Balaban J connectivity index is 1.99. The number of halogens is 4. The number of rotatable bonds is 4. The molecule has 132 valence electrons. The molecule has 0 radical (unpaired) electrons. The molecule has 11 heteroatoms. The Morgan fingerprint density at radius 2 is 1.92 bits per heavy atom. The van der Waals surface area contributed by atoms with Crippen LogP contribution in [-0.4, -0.2) is 28.5 Å². The number of alkyl halides is 3. The van der Waals surface area contributed by atoms with Crippen LogP contribution in [0.5, 0.6) is 0 Å². The largest absolute Gasteiger partial charge is 0.451 e. The molecule has 0 aliphatic heterocycles. The van der Waals surface area contributed by atoms with E-state index in [0.29, 0.717) is 0 Å². The second-order valence-corrected chi connectivity index (χ2v) is 5.46. The monoisotopic (exact) mass is 418 g/mol. The molecule has 7 nitrogen and oxygen atoms in total. The number of nitrogens with two attached hydrogens (primary N) is 1. The predicted octanol–water partition coefficient (Wildman–Crippen LogP) is 2.64. The van der Waals surface area contributed by atoms with Crippen molar-refractivity contribution in [3.8, 4) is 0 Å². The molecule has 0 atom stereocenters. The van der Waals surface area contributed by atoms with Crippen molar-refractivity contribution in [1.82, 2.24) is 9.97 Å². The SMILES string of the molecule is Nc1nccnc1C(=O)OCC(=O)Nc1ccc(Br)c(C(F)(F)F)c1. The van der Waals surface area contributed by atoms with Gasteiger partial charge in [-0.25, -0.2) is 14.8 Å². The summed E-state index contributed by atoms with van der Waals surface area (Å²) in [6.45, 7) is -0.730. The van der Waals surface area contributed by atoms with Crippen molar-refractivity contribution in [3.05, 3.63) is 46.3 Å². The van der Waals surface area contributed by atoms with Gasteiger partial charge in [0.2, 0.25) is 0 Å². The molecule has 0 unspecified atom stereocenters. The van der Waals surface area contributed by atoms with Crippen LogP contribution in [-0.2, 0) is 15.7 Å². The van der Waals surface area contributed by atoms with Gasteiger partial charge in [-0.05, 0) is 18.2 Å². The van der Waals surface area contributed by atoms with Gasteiger partial charge in [-0.2, -0.15) is 13.2 Å². The Bertz CT molecular complexity index is 814. The Kier molecular flexibility index (Phi) is 5.57. The molecule has 25 heavy (non-hydrogen) atoms. The lowest BCUT2D eigenvalue weighted by Crippen LogP contribution is -2.22. The molecule has 0 fully saturated rings. The first-order valence-corrected chi connectivity index (χ1v) is 7.38. The number of esters is 1. The molecule has 0 aliphatic carbocycles. The Hall–Kier alpha value is -2.69. The maximum atomic E-state index is 12.8. The molecule has 1 aromatic carbocycles. The fourth-order valence-electron chi connectivity index (χ4n) is 1.72. The highest BCUT2D eigenvalue weighted by molar-refractivity contribution is 9.10. The molecular formula is C14H10BrF3N4O3. The number of hydrogen-bond acceptors (Lipinski definition) is 6. The minimum Gasteiger partial charge on any atom is -0.451 e. The van der Waals surface area contributed by atoms with Crippen LogP contribution in [0.15, 0.2) is 35.1 Å². The summed E-state index contributed by atoms with van der Waals surface area (Å²) in [7, 11) is 0. The highest BCUT2D eigenvalue weighted by atomic mass is 79.9. The first-order chi connectivity index (χ1) is 11.7. The van der Waals surface area contributed by atoms with E-state index in [1.54, 1.807) is 0 Å². The third kappa shape index (κ3) is 4.89. The average molecular weight is 419 g/mol. The van der Waals surface area contributed by atoms with Crippen LogP contribution < -0.4 is 11.1 Å². The van der Waals surface area contributed by atoms with E-state index in [9.17, 15) is 22.8 Å². The number of nitrogen functional groups attached to an aromatic ring is 1. The number of hydrogen-bond donors (Lipinski definition) is 2. The zero-order valence-corrected chi connectivity index (χ0v) is 13.9. The van der Waals surface area contributed by atoms with E-state index in [-0.39, 0.29) is 21.7 Å². The van der Waals surface area contributed by atoms with Crippen LogP contribution in [0, 0.1) is 0 Å². The van der Waals surface area contributed by atoms with Gasteiger partial charge in [0.15, 0.2) is 18.1 Å². The Labute approximate surface area is 147 Å². The van der Waals surface area contributed by atoms with Crippen molar-refractivity contribution >= 4 is 39.3 Å². The smallest absolute Gasteiger partial charge is 0.417 e. The number of carbonyl (C=O) groups excluding carboxylic acids is 2. The summed E-state index contributed by atoms with van der Waals surface area (Å²) in [5.74, 6) is -1.98. The van der Waals surface area contributed by atoms with Crippen LogP contribution in [0.1, 0.15) is 16.1 Å². The van der Waals surface area contributed by atoms with Crippen LogP contribution in [0.25, 0.3) is 0 Å². The summed E-state index contributed by atoms with van der Waals surface area (Å²) in [5.41, 5.74) is 4.12. The van der Waals surface area contributed by atoms with Crippen molar-refractivity contribution in [2.45, 2.75) is 6.18 Å². The molecule has 0 spiro atoms. The molecule has 0 bridgehead atoms. The van der Waals surface area contributed by atoms with E-state index in [1.165, 1.54) is 18.5 Å². The quantitative estimate of drug-likeness (QED) is 0.739. The number of nitrogens with zero attached hydrogens (tertiary/aromatic N) is 2. The molecule has 1 heterocycles. The van der Waals surface area contributed by atoms with Crippen molar-refractivity contribution in [1.29, 1.82) is 0 Å². The van der Waals surface area contributed by atoms with Crippen molar-refractivity contribution < 1.29 is 27.5 Å². The maximum absolute atomic E-state index is 12.8. The standard InChI is InChI=1S/C14H10BrF3N4O3/c15-9-2-1-7(5-8(9)14(16,17)18)22-10(23)6-25-13(24)11-12(19)21-4-3-20-11/h1-5H,6H2,(H2,19,21)(H,22,23). The molecule has 1 amide bonds. The zero-order chi connectivity index (χ0) is 18.6. The van der Waals surface area contributed by atoms with Gasteiger partial charge in [0.1, 0.15) is 0 Å². The first kappa shape index (κ1) is 18.6. The van der Waals surface area contributed by atoms with E-state index in [0.717, 1.165) is 12.1 Å². The molecule has 0 saturated carbocycles. The van der Waals surface area contributed by atoms with Crippen LogP contribution in [0.4, 0.5) is 24.7 Å². The topological polar surface area (TPSA) is 107 Å². The molecular weight excluding hydrogens is 409 g/mol. The number of amides is 1. The summed E-state index contributed by atoms with van der Waals surface area (Å²) in [6.07, 6.45) is -2.10. The van der Waals surface area contributed by atoms with Gasteiger partial charge in [0, 0.05) is 22.6 Å². The lowest BCUT2D eigenvalue weighted by molar-refractivity contribution is -0.138. The van der Waals surface area contributed by atoms with E-state index in [1.807, 2.05) is 0 Å². The fraction of sp³-hybridized carbons (Fsp3) is 0.143. The minimum atomic E-state index is -4.59. The number of ether oxygens (including phenoxy) is 1. The van der Waals surface area contributed by atoms with Gasteiger partial charge >= 0.3 is 12.1 Å². The Morgan fingerprint density at radius 3 is 2.56 bits per heavy atom. The number of anilines is 2. The minimum absolute atomic E-state index is 0.101. The summed E-state index contributed by atoms with van der Waals surface area (Å²) in [6, 6.07) is 3.16. The predicted molar refractivity (Wildman–Crippen MR) is 84.5 cm³/mol. The Morgan fingerprint density at radius 1 is 1.24 bits per heavy atom. The van der Waals surface area contributed by atoms with Gasteiger partial charge < -0.3 is 15.8 Å². The molecule has 3 N–H and O–H groups in total. The second-order valence-electron chi connectivity index (χ2n) is 4.61. The number of carbonyl (C=O) groups is 2. The number of benzene rings is 1. The maximum Gasteiger partial charge on any atom is 0.417 e. The van der Waals surface area contributed by atoms with Crippen molar-refractivity contribution in [2.24, 2.45) is 0 Å². The van der Waals surface area contributed by atoms with E-state index in [2.05, 4.69) is 31.2 Å². The van der Waals surface area contributed by atoms with Crippen molar-refractivity contribution in [2.75, 3.05) is 17.7 Å². The summed E-state index contributed by atoms with van der Waals surface area (Å²) in [4.78, 5) is 30.7. The fourth-order valence-corrected chi connectivity index (χ4v) is 2.19. The van der Waals surface area contributed by atoms with E-state index < -0.39 is 30.2 Å². The van der Waals surface area contributed by atoms with Crippen molar-refractivity contribution in [3.63, 3.8) is 0 Å². The molecule has 2 rings (SSSR count). The van der Waals surface area contributed by atoms with Crippen LogP contribution in [0.2, 0.25) is 0 Å². The lowest BCUT2D eigenvalue weighted by atomic mass is 10.2. The second kappa shape index (κ2) is 7.47. The number of nitrogens with one attached hydrogen (secondary N) is 1. The zero-order valence-electron chi connectivity index (χ0n) is 12.3. The van der Waals surface area contributed by atoms with Gasteiger partial charge in [0.05, 0.1) is 5.56 Å². The van der Waals surface area contributed by atoms with Gasteiger partial charge in [-0.15, -0.1) is 0 Å². The molecule has 2 aromatic rings. The summed E-state index contributed by atoms with van der Waals surface area (Å²) < 4.78 is 43.0. The first-order valence-electron chi connectivity index (χ1n) is 6.58. The molecule has 0 aliphatic rings. The van der Waals surface area contributed by atoms with E-state index in [4.69, 9.17) is 10.5 Å². The van der Waals surface area contributed by atoms with E-state index >= 15 is 0 Å². The average Bonchev–Trinajstić information content (AvgIpc) is 2.54. The lowest BCUT2D eigenvalue weighted by Gasteiger charge is -2.12. The summed E-state index contributed by atoms with van der Waals surface area (Å²) >= 11 is 2.79. The van der Waals surface area contributed by atoms with Gasteiger partial charge in [-0.3, -0.25) is 4.79 Å². The third-order valence-electron chi connectivity index (χ3n) is 2.81. The van der Waals surface area contributed by atoms with Gasteiger partial charge in [0.25, 0.3) is 5.91 Å². The van der Waals surface area contributed by atoms with Gasteiger partial charge in [-0.1, -0.05) is 15.9 Å².